The maximum atomic E-state index is 15.0. The summed E-state index contributed by atoms with van der Waals surface area (Å²) in [6.07, 6.45) is 1.61. The molecule has 5 N–H and O–H groups in total. The van der Waals surface area contributed by atoms with E-state index in [1.165, 1.54) is 6.07 Å². The zero-order valence-electron chi connectivity index (χ0n) is 23.9. The Kier molecular flexibility index (Phi) is 9.91. The van der Waals surface area contributed by atoms with Gasteiger partial charge in [0.1, 0.15) is 24.0 Å². The molecule has 11 heteroatoms. The number of hydrogen-bond donors (Lipinski definition) is 4. The summed E-state index contributed by atoms with van der Waals surface area (Å²) in [4.78, 5) is 17.8. The van der Waals surface area contributed by atoms with Crippen LogP contribution in [0.25, 0.3) is 5.70 Å². The van der Waals surface area contributed by atoms with Crippen molar-refractivity contribution in [2.45, 2.75) is 50.7 Å². The van der Waals surface area contributed by atoms with E-state index in [9.17, 15) is 13.6 Å². The fourth-order valence-electron chi connectivity index (χ4n) is 6.16. The van der Waals surface area contributed by atoms with Crippen molar-refractivity contribution in [2.75, 3.05) is 39.4 Å². The second kappa shape index (κ2) is 13.8. The van der Waals surface area contributed by atoms with Gasteiger partial charge in [-0.15, -0.1) is 0 Å². The number of carbonyl (C=O) groups is 1. The van der Waals surface area contributed by atoms with Crippen LogP contribution in [0.15, 0.2) is 54.7 Å². The van der Waals surface area contributed by atoms with Crippen LogP contribution in [0.1, 0.15) is 30.9 Å². The zero-order valence-corrected chi connectivity index (χ0v) is 23.9. The summed E-state index contributed by atoms with van der Waals surface area (Å²) in [6, 6.07) is 12.2. The Morgan fingerprint density at radius 2 is 1.93 bits per heavy atom. The minimum Gasteiger partial charge on any atom is -0.381 e. The van der Waals surface area contributed by atoms with E-state index in [2.05, 4.69) is 16.0 Å². The Labute approximate surface area is 245 Å². The van der Waals surface area contributed by atoms with Gasteiger partial charge < -0.3 is 36.2 Å². The van der Waals surface area contributed by atoms with E-state index in [4.69, 9.17) is 10.5 Å². The molecule has 2 aromatic carbocycles. The third-order valence-electron chi connectivity index (χ3n) is 8.49. The van der Waals surface area contributed by atoms with E-state index < -0.39 is 30.0 Å². The molecule has 2 fully saturated rings. The number of rotatable bonds is 10. The summed E-state index contributed by atoms with van der Waals surface area (Å²) >= 11 is 0. The summed E-state index contributed by atoms with van der Waals surface area (Å²) in [5, 5.41) is 9.57. The smallest absolute Gasteiger partial charge is 0.318 e. The van der Waals surface area contributed by atoms with Crippen molar-refractivity contribution in [3.63, 3.8) is 0 Å². The minimum absolute atomic E-state index is 0.00554. The highest BCUT2D eigenvalue weighted by molar-refractivity contribution is 5.75. The topological polar surface area (TPSA) is 94.9 Å². The van der Waals surface area contributed by atoms with Gasteiger partial charge in [0.2, 0.25) is 0 Å². The Morgan fingerprint density at radius 3 is 2.62 bits per heavy atom. The van der Waals surface area contributed by atoms with Gasteiger partial charge in [0.25, 0.3) is 0 Å². The average molecular weight is 587 g/mol. The van der Waals surface area contributed by atoms with Crippen LogP contribution in [0.5, 0.6) is 0 Å². The Hall–Kier alpha value is -3.28. The van der Waals surface area contributed by atoms with Crippen molar-refractivity contribution in [3.8, 4) is 0 Å². The fraction of sp³-hybridized carbons (Fsp3) is 0.516. The van der Waals surface area contributed by atoms with Crippen molar-refractivity contribution >= 4 is 11.7 Å². The molecule has 8 nitrogen and oxygen atoms in total. The molecule has 3 aliphatic rings. The quantitative estimate of drug-likeness (QED) is 0.341. The summed E-state index contributed by atoms with van der Waals surface area (Å²) in [7, 11) is 0. The lowest BCUT2D eigenvalue weighted by molar-refractivity contribution is 0.00243. The number of urea groups is 1. The van der Waals surface area contributed by atoms with Gasteiger partial charge in [-0.3, -0.25) is 0 Å². The third-order valence-corrected chi connectivity index (χ3v) is 8.49. The summed E-state index contributed by atoms with van der Waals surface area (Å²) in [5.41, 5.74) is 7.40. The van der Waals surface area contributed by atoms with Crippen molar-refractivity contribution in [3.05, 3.63) is 77.5 Å². The highest BCUT2D eigenvalue weighted by Gasteiger charge is 2.44. The van der Waals surface area contributed by atoms with Gasteiger partial charge in [-0.25, -0.2) is 18.0 Å². The molecule has 0 bridgehead atoms. The molecule has 42 heavy (non-hydrogen) atoms. The predicted molar refractivity (Wildman–Crippen MR) is 156 cm³/mol. The number of alkyl halides is 1. The summed E-state index contributed by atoms with van der Waals surface area (Å²) in [5.74, 6) is -1.48. The predicted octanol–water partition coefficient (Wildman–Crippen LogP) is 3.41. The van der Waals surface area contributed by atoms with Crippen molar-refractivity contribution in [2.24, 2.45) is 17.6 Å². The van der Waals surface area contributed by atoms with Gasteiger partial charge >= 0.3 is 6.03 Å². The second-order valence-electron chi connectivity index (χ2n) is 11.5. The lowest BCUT2D eigenvalue weighted by Gasteiger charge is -2.46. The van der Waals surface area contributed by atoms with Gasteiger partial charge in [-0.2, -0.15) is 0 Å². The number of ether oxygens (including phenoxy) is 1. The largest absolute Gasteiger partial charge is 0.381 e. The first kappa shape index (κ1) is 30.2. The molecule has 0 spiro atoms. The molecule has 2 saturated heterocycles. The molecule has 2 aromatic rings. The van der Waals surface area contributed by atoms with Crippen LogP contribution in [-0.2, 0) is 11.3 Å². The van der Waals surface area contributed by atoms with Crippen LogP contribution >= 0.6 is 0 Å². The summed E-state index contributed by atoms with van der Waals surface area (Å²) in [6.45, 7) is 4.52. The van der Waals surface area contributed by atoms with Crippen LogP contribution in [0, 0.1) is 23.5 Å². The Bertz CT molecular complexity index is 1230. The second-order valence-corrected chi connectivity index (χ2v) is 11.5. The van der Waals surface area contributed by atoms with Gasteiger partial charge in [0.15, 0.2) is 0 Å². The Balaban J connectivity index is 1.56. The minimum atomic E-state index is -1.09. The van der Waals surface area contributed by atoms with E-state index in [0.717, 1.165) is 17.7 Å². The SMILES string of the molecule is CC(CN)NC(=O)N(CC1CNCC1F)C(C1CCOCC1)C1NC(c2cc(F)ccc2F)=CN1Cc1ccccc1. The molecule has 0 saturated carbocycles. The number of hydrogen-bond acceptors (Lipinski definition) is 6. The number of carbonyl (C=O) groups excluding carboxylic acids is 1. The normalized spacial score (nSPS) is 24.2. The molecule has 0 radical (unpaired) electrons. The number of nitrogens with two attached hydrogens (primary N) is 1. The van der Waals surface area contributed by atoms with Gasteiger partial charge in [0, 0.05) is 69.7 Å². The highest BCUT2D eigenvalue weighted by Crippen LogP contribution is 2.34. The van der Waals surface area contributed by atoms with Crippen molar-refractivity contribution in [1.29, 1.82) is 0 Å². The number of benzene rings is 2. The maximum Gasteiger partial charge on any atom is 0.318 e. The average Bonchev–Trinajstić information content (AvgIpc) is 3.60. The monoisotopic (exact) mass is 586 g/mol. The number of halogens is 3. The fourth-order valence-corrected chi connectivity index (χ4v) is 6.16. The Morgan fingerprint density at radius 1 is 1.17 bits per heavy atom. The van der Waals surface area contributed by atoms with E-state index in [1.807, 2.05) is 42.2 Å². The number of amides is 2. The van der Waals surface area contributed by atoms with E-state index in [1.54, 1.807) is 11.1 Å². The van der Waals surface area contributed by atoms with Gasteiger partial charge in [-0.1, -0.05) is 30.3 Å². The maximum absolute atomic E-state index is 15.0. The molecule has 228 valence electrons. The number of nitrogens with one attached hydrogen (secondary N) is 3. The lowest BCUT2D eigenvalue weighted by atomic mass is 9.87. The van der Waals surface area contributed by atoms with Crippen LogP contribution in [0.3, 0.4) is 0 Å². The summed E-state index contributed by atoms with van der Waals surface area (Å²) < 4.78 is 50.0. The molecule has 0 aromatic heterocycles. The molecule has 3 heterocycles. The van der Waals surface area contributed by atoms with Gasteiger partial charge in [-0.05, 0) is 49.4 Å². The van der Waals surface area contributed by atoms with Crippen LogP contribution in [0.2, 0.25) is 0 Å². The van der Waals surface area contributed by atoms with Crippen LogP contribution in [-0.4, -0.2) is 79.6 Å². The number of nitrogens with zero attached hydrogens (tertiary/aromatic N) is 2. The van der Waals surface area contributed by atoms with Crippen molar-refractivity contribution < 1.29 is 22.7 Å². The standard InChI is InChI=1S/C31H41F3N6O2/c1-20(14-35)37-31(41)40(18-23-15-36-16-27(23)34)29(22-9-11-42-12-10-22)30-38-28(25-13-24(32)7-8-26(25)33)19-39(30)17-21-5-3-2-4-6-21/h2-8,13,19-20,22-23,27,29-30,36,38H,9-12,14-18,35H2,1H3,(H,37,41). The molecule has 2 amide bonds. The molecule has 0 aliphatic carbocycles. The zero-order chi connectivity index (χ0) is 29.6. The highest BCUT2D eigenvalue weighted by atomic mass is 19.1. The first-order chi connectivity index (χ1) is 20.3. The molecule has 5 atom stereocenters. The third kappa shape index (κ3) is 7.02. The van der Waals surface area contributed by atoms with Crippen LogP contribution in [0.4, 0.5) is 18.0 Å². The molecular weight excluding hydrogens is 545 g/mol. The van der Waals surface area contributed by atoms with E-state index >= 15 is 4.39 Å². The molecular formula is C31H41F3N6O2. The lowest BCUT2D eigenvalue weighted by Crippen LogP contribution is -2.63. The first-order valence-corrected chi connectivity index (χ1v) is 14.8. The molecule has 5 unspecified atom stereocenters. The molecule has 5 rings (SSSR count). The van der Waals surface area contributed by atoms with Crippen molar-refractivity contribution in [1.82, 2.24) is 25.8 Å². The molecule has 3 aliphatic heterocycles. The van der Waals surface area contributed by atoms with Crippen LogP contribution < -0.4 is 21.7 Å². The van der Waals surface area contributed by atoms with E-state index in [0.29, 0.717) is 44.8 Å². The van der Waals surface area contributed by atoms with Gasteiger partial charge in [0.05, 0.1) is 11.7 Å². The first-order valence-electron chi connectivity index (χ1n) is 14.8. The van der Waals surface area contributed by atoms with E-state index in [-0.39, 0.29) is 49.1 Å².